The molecule has 0 radical (unpaired) electrons. The SMILES string of the molecule is [2H]C([2H])(c1cc(-c2cc(C(C)(C)C)cc(C(C([2H])([2H])[2H])(C([2H])([2H])[2H])C([2H])([2H])[2H])c2)c(N2CN(c3cccc(Oc4ccc5c6ccccc6n(-c6cc(C(C)(C)C)ccn6)c5c4)c3)c3ccccc32)c(-c2ccc3c(c2)C(C)(C)CCC3(C)C)c1)C(C)C. The summed E-state index contributed by atoms with van der Waals surface area (Å²) >= 11 is 0. The number of benzene rings is 7. The van der Waals surface area contributed by atoms with Gasteiger partial charge in [0.25, 0.3) is 0 Å². The normalized spacial score (nSPS) is 18.2. The molecule has 0 bridgehead atoms. The van der Waals surface area contributed by atoms with E-state index in [1.54, 1.807) is 0 Å². The van der Waals surface area contributed by atoms with Crippen LogP contribution in [0.1, 0.15) is 165 Å². The predicted molar refractivity (Wildman–Crippen MR) is 328 cm³/mol. The number of ether oxygens (including phenoxy) is 1. The zero-order valence-corrected chi connectivity index (χ0v) is 46.9. The summed E-state index contributed by atoms with van der Waals surface area (Å²) in [5.41, 5.74) is 7.04. The van der Waals surface area contributed by atoms with Gasteiger partial charge in [0, 0.05) is 61.0 Å². The first-order chi connectivity index (χ1) is 40.8. The first kappa shape index (κ1) is 40.2. The van der Waals surface area contributed by atoms with Crippen molar-refractivity contribution in [3.8, 4) is 39.6 Å². The molecule has 2 aliphatic rings. The number of rotatable bonds is 9. The first-order valence-corrected chi connectivity index (χ1v) is 27.3. The summed E-state index contributed by atoms with van der Waals surface area (Å²) in [7, 11) is 0. The Labute approximate surface area is 475 Å². The van der Waals surface area contributed by atoms with Gasteiger partial charge in [0.05, 0.1) is 28.1 Å². The fraction of sp³-hybridized carbons (Fsp3) is 0.347. The summed E-state index contributed by atoms with van der Waals surface area (Å²) in [5.74, 6) is 1.52. The Morgan fingerprint density at radius 2 is 1.21 bits per heavy atom. The smallest absolute Gasteiger partial charge is 0.137 e. The molecule has 2 aromatic heterocycles. The van der Waals surface area contributed by atoms with Gasteiger partial charge in [0.2, 0.25) is 0 Å². The first-order valence-electron chi connectivity index (χ1n) is 32.8. The number of hydrogen-bond acceptors (Lipinski definition) is 4. The van der Waals surface area contributed by atoms with Crippen molar-refractivity contribution in [3.05, 3.63) is 191 Å². The van der Waals surface area contributed by atoms with Crippen LogP contribution < -0.4 is 14.5 Å². The van der Waals surface area contributed by atoms with Gasteiger partial charge >= 0.3 is 0 Å². The van der Waals surface area contributed by atoms with Crippen molar-refractivity contribution >= 4 is 44.6 Å². The van der Waals surface area contributed by atoms with E-state index in [1.807, 2.05) is 114 Å². The summed E-state index contributed by atoms with van der Waals surface area (Å²) in [6.45, 7) is 14.7. The van der Waals surface area contributed by atoms with Crippen LogP contribution in [0.3, 0.4) is 0 Å². The lowest BCUT2D eigenvalue weighted by atomic mass is 9.63. The molecule has 1 aliphatic carbocycles. The Balaban J connectivity index is 1.13. The number of para-hydroxylation sites is 3. The number of hydrogen-bond donors (Lipinski definition) is 0. The van der Waals surface area contributed by atoms with Crippen molar-refractivity contribution in [1.82, 2.24) is 9.55 Å². The van der Waals surface area contributed by atoms with Crippen LogP contribution in [0.25, 0.3) is 49.9 Å². The van der Waals surface area contributed by atoms with Crippen molar-refractivity contribution < 1.29 is 19.8 Å². The fourth-order valence-corrected chi connectivity index (χ4v) is 11.7. The highest BCUT2D eigenvalue weighted by Gasteiger charge is 2.38. The third-order valence-corrected chi connectivity index (χ3v) is 16.1. The lowest BCUT2D eigenvalue weighted by molar-refractivity contribution is 0.332. The molecule has 0 saturated carbocycles. The van der Waals surface area contributed by atoms with Crippen LogP contribution in [-0.2, 0) is 33.4 Å². The van der Waals surface area contributed by atoms with Gasteiger partial charge in [-0.15, -0.1) is 0 Å². The average Bonchev–Trinajstić information content (AvgIpc) is 0.862. The molecular formula is C72H80N4O. The molecule has 0 unspecified atom stereocenters. The molecule has 7 aromatic carbocycles. The second-order valence-corrected chi connectivity index (χ2v) is 25.3. The number of nitrogens with zero attached hydrogens (tertiary/aromatic N) is 4. The van der Waals surface area contributed by atoms with Gasteiger partial charge in [0.15, 0.2) is 0 Å². The van der Waals surface area contributed by atoms with Crippen molar-refractivity contribution in [2.24, 2.45) is 5.92 Å². The zero-order chi connectivity index (χ0) is 63.9. The van der Waals surface area contributed by atoms with E-state index in [4.69, 9.17) is 22.1 Å². The quantitative estimate of drug-likeness (QED) is 0.144. The molecule has 5 heteroatoms. The van der Waals surface area contributed by atoms with Crippen molar-refractivity contribution in [2.45, 2.75) is 150 Å². The van der Waals surface area contributed by atoms with Gasteiger partial charge in [-0.25, -0.2) is 4.98 Å². The lowest BCUT2D eigenvalue weighted by Gasteiger charge is -2.42. The summed E-state index contributed by atoms with van der Waals surface area (Å²) in [5, 5.41) is 2.17. The summed E-state index contributed by atoms with van der Waals surface area (Å²) in [6, 6.07) is 49.9. The number of aromatic nitrogens is 2. The standard InChI is InChI=1S/C72H80N4O/c1-46(2)35-47-36-58(48-27-30-60-61(40-48)72(14,15)33-32-71(60,12)13)67(59(37-47)49-38-51(69(6,7)8)41-52(39-49)70(9,10)11)75-45-74(63-25-18-19-26-64(63)75)53-21-20-22-54(43-53)77-55-28-29-57-56-23-16-17-24-62(56)76(65(57)44-55)66-42-50(31-34-73-66)68(3,4)5/h16-31,34,36-44,46H,32-33,35,45H2,1-15H3/i6D3,7D3,8D3,35D2. The Hall–Kier alpha value is -7.11. The average molecular weight is 1030 g/mol. The second kappa shape index (κ2) is 18.8. The van der Waals surface area contributed by atoms with E-state index < -0.39 is 43.7 Å². The van der Waals surface area contributed by atoms with Gasteiger partial charge in [-0.2, -0.15) is 0 Å². The predicted octanol–water partition coefficient (Wildman–Crippen LogP) is 20.0. The lowest BCUT2D eigenvalue weighted by Crippen LogP contribution is -2.33. The molecular weight excluding hydrogens is 937 g/mol. The third kappa shape index (κ3) is 9.74. The van der Waals surface area contributed by atoms with Gasteiger partial charge in [0.1, 0.15) is 24.0 Å². The molecule has 0 fully saturated rings. The summed E-state index contributed by atoms with van der Waals surface area (Å²) in [6.07, 6.45) is 1.90. The third-order valence-electron chi connectivity index (χ3n) is 16.1. The van der Waals surface area contributed by atoms with E-state index in [-0.39, 0.29) is 28.5 Å². The maximum absolute atomic E-state index is 9.83. The molecule has 5 nitrogen and oxygen atoms in total. The van der Waals surface area contributed by atoms with E-state index >= 15 is 0 Å². The highest BCUT2D eigenvalue weighted by atomic mass is 16.5. The van der Waals surface area contributed by atoms with Gasteiger partial charge in [-0.05, 0) is 163 Å². The van der Waals surface area contributed by atoms with Crippen LogP contribution in [0, 0.1) is 5.92 Å². The Morgan fingerprint density at radius 3 is 1.91 bits per heavy atom. The monoisotopic (exact) mass is 1030 g/mol. The Morgan fingerprint density at radius 1 is 0.571 bits per heavy atom. The van der Waals surface area contributed by atoms with Crippen LogP contribution in [-0.4, -0.2) is 16.2 Å². The summed E-state index contributed by atoms with van der Waals surface area (Å²) < 4.78 is 109. The highest BCUT2D eigenvalue weighted by molar-refractivity contribution is 6.09. The minimum Gasteiger partial charge on any atom is -0.457 e. The van der Waals surface area contributed by atoms with Gasteiger partial charge in [-0.3, -0.25) is 4.57 Å². The molecule has 0 amide bonds. The molecule has 1 aliphatic heterocycles. The van der Waals surface area contributed by atoms with Gasteiger partial charge < -0.3 is 14.5 Å². The van der Waals surface area contributed by atoms with E-state index in [0.29, 0.717) is 45.0 Å². The van der Waals surface area contributed by atoms with Crippen LogP contribution in [0.15, 0.2) is 158 Å². The van der Waals surface area contributed by atoms with E-state index in [0.717, 1.165) is 63.1 Å². The Bertz CT molecular complexity index is 4150. The summed E-state index contributed by atoms with van der Waals surface area (Å²) in [4.78, 5) is 9.29. The number of anilines is 4. The van der Waals surface area contributed by atoms with E-state index in [1.165, 1.54) is 28.8 Å². The molecule has 3 heterocycles. The number of fused-ring (bicyclic) bond motifs is 5. The maximum atomic E-state index is 9.83. The molecule has 0 atom stereocenters. The van der Waals surface area contributed by atoms with E-state index in [9.17, 15) is 2.74 Å². The molecule has 0 spiro atoms. The zero-order valence-electron chi connectivity index (χ0n) is 57.9. The molecule has 394 valence electrons. The van der Waals surface area contributed by atoms with E-state index in [2.05, 4.69) is 130 Å². The minimum atomic E-state index is -3.54. The van der Waals surface area contributed by atoms with Crippen LogP contribution in [0.2, 0.25) is 0 Å². The highest BCUT2D eigenvalue weighted by Crippen LogP contribution is 2.54. The maximum Gasteiger partial charge on any atom is 0.137 e. The van der Waals surface area contributed by atoms with Crippen molar-refractivity contribution in [3.63, 3.8) is 0 Å². The molecule has 11 rings (SSSR count). The van der Waals surface area contributed by atoms with Crippen LogP contribution in [0.4, 0.5) is 22.7 Å². The largest absolute Gasteiger partial charge is 0.457 e. The number of pyridine rings is 1. The Kier molecular flexibility index (Phi) is 9.81. The topological polar surface area (TPSA) is 33.5 Å². The second-order valence-electron chi connectivity index (χ2n) is 25.3. The fourth-order valence-electron chi connectivity index (χ4n) is 11.7. The van der Waals surface area contributed by atoms with Crippen molar-refractivity contribution in [1.29, 1.82) is 0 Å². The molecule has 0 saturated heterocycles. The van der Waals surface area contributed by atoms with Gasteiger partial charge in [-0.1, -0.05) is 176 Å². The van der Waals surface area contributed by atoms with Crippen molar-refractivity contribution in [2.75, 3.05) is 16.5 Å². The minimum absolute atomic E-state index is 0.0934. The molecule has 0 N–H and O–H groups in total. The van der Waals surface area contributed by atoms with Crippen LogP contribution in [0.5, 0.6) is 11.5 Å². The van der Waals surface area contributed by atoms with Crippen LogP contribution >= 0.6 is 0 Å². The molecule has 9 aromatic rings. The molecule has 77 heavy (non-hydrogen) atoms.